The number of hydrogen-bond acceptors (Lipinski definition) is 13. The van der Waals surface area contributed by atoms with Gasteiger partial charge in [-0.1, -0.05) is 10.4 Å². The molecule has 3 aromatic heterocycles. The maximum Gasteiger partial charge on any atom is 0.145 e. The van der Waals surface area contributed by atoms with E-state index < -0.39 is 0 Å². The predicted octanol–water partition coefficient (Wildman–Crippen LogP) is 1.10. The number of rotatable bonds is 20. The van der Waals surface area contributed by atoms with Crippen LogP contribution in [-0.2, 0) is 41.5 Å². The van der Waals surface area contributed by atoms with E-state index in [1.807, 2.05) is 24.5 Å². The summed E-state index contributed by atoms with van der Waals surface area (Å²) >= 11 is 0. The Kier molecular flexibility index (Phi) is 11.7. The third kappa shape index (κ3) is 8.58. The van der Waals surface area contributed by atoms with Gasteiger partial charge in [-0.3, -0.25) is 0 Å². The van der Waals surface area contributed by atoms with Crippen LogP contribution >= 0.6 is 0 Å². The highest BCUT2D eigenvalue weighted by Gasteiger charge is 2.18. The summed E-state index contributed by atoms with van der Waals surface area (Å²) < 4.78 is 40.3. The third-order valence-electron chi connectivity index (χ3n) is 5.58. The number of hydrogen-bond donors (Lipinski definition) is 0. The molecule has 212 valence electrons. The normalized spacial score (nSPS) is 11.6. The predicted molar refractivity (Wildman–Crippen MR) is 137 cm³/mol. The first-order valence-corrected chi connectivity index (χ1v) is 12.6. The van der Waals surface area contributed by atoms with Gasteiger partial charge < -0.3 is 28.4 Å². The van der Waals surface area contributed by atoms with Gasteiger partial charge in [0, 0.05) is 25.3 Å². The van der Waals surface area contributed by atoms with E-state index in [1.165, 1.54) is 0 Å². The molecule has 15 heteroatoms. The minimum Gasteiger partial charge on any atom is -0.382 e. The van der Waals surface area contributed by atoms with Crippen molar-refractivity contribution in [2.75, 3.05) is 80.3 Å². The molecular formula is C24H34N8O7. The van der Waals surface area contributed by atoms with E-state index >= 15 is 0 Å². The maximum absolute atomic E-state index is 5.59. The van der Waals surface area contributed by atoms with Gasteiger partial charge in [0.05, 0.1) is 91.6 Å². The molecule has 4 aromatic rings. The molecule has 0 unspecified atom stereocenters. The number of ether oxygens (including phenoxy) is 6. The minimum absolute atomic E-state index is 0.485. The Hall–Kier alpha value is -3.34. The van der Waals surface area contributed by atoms with E-state index in [0.717, 1.165) is 11.1 Å². The van der Waals surface area contributed by atoms with Crippen LogP contribution in [0, 0.1) is 0 Å². The average Bonchev–Trinajstić information content (AvgIpc) is 3.73. The van der Waals surface area contributed by atoms with E-state index in [0.29, 0.717) is 102 Å². The Morgan fingerprint density at radius 2 is 1.00 bits per heavy atom. The summed E-state index contributed by atoms with van der Waals surface area (Å²) in [5.41, 5.74) is 3.93. The molecule has 0 saturated carbocycles. The Morgan fingerprint density at radius 3 is 1.44 bits per heavy atom. The topological polar surface area (TPSA) is 156 Å². The lowest BCUT2D eigenvalue weighted by molar-refractivity contribution is 0.0224. The van der Waals surface area contributed by atoms with Crippen LogP contribution < -0.4 is 0 Å². The van der Waals surface area contributed by atoms with Crippen molar-refractivity contribution in [2.24, 2.45) is 0 Å². The van der Waals surface area contributed by atoms with Crippen molar-refractivity contribution >= 4 is 11.0 Å². The van der Waals surface area contributed by atoms with Crippen molar-refractivity contribution in [2.45, 2.75) is 13.1 Å². The Balaban J connectivity index is 1.29. The van der Waals surface area contributed by atoms with Crippen molar-refractivity contribution in [1.29, 1.82) is 0 Å². The molecule has 0 aliphatic heterocycles. The van der Waals surface area contributed by atoms with Crippen molar-refractivity contribution in [1.82, 2.24) is 40.3 Å². The monoisotopic (exact) mass is 546 g/mol. The van der Waals surface area contributed by atoms with Gasteiger partial charge in [-0.05, 0) is 22.4 Å². The summed E-state index contributed by atoms with van der Waals surface area (Å²) in [6.45, 7) is 6.35. The largest absolute Gasteiger partial charge is 0.382 e. The zero-order valence-electron chi connectivity index (χ0n) is 22.2. The first kappa shape index (κ1) is 28.7. The summed E-state index contributed by atoms with van der Waals surface area (Å²) in [4.78, 5) is 0. The van der Waals surface area contributed by atoms with Gasteiger partial charge in [0.15, 0.2) is 0 Å². The van der Waals surface area contributed by atoms with Gasteiger partial charge in [0.2, 0.25) is 0 Å². The number of methoxy groups -OCH3 is 2. The molecular weight excluding hydrogens is 512 g/mol. The van der Waals surface area contributed by atoms with E-state index in [2.05, 4.69) is 30.9 Å². The van der Waals surface area contributed by atoms with E-state index in [-0.39, 0.29) is 0 Å². The van der Waals surface area contributed by atoms with Crippen LogP contribution in [0.4, 0.5) is 0 Å². The van der Waals surface area contributed by atoms with E-state index in [1.54, 1.807) is 23.6 Å². The molecule has 0 N–H and O–H groups in total. The highest BCUT2D eigenvalue weighted by atomic mass is 16.6. The van der Waals surface area contributed by atoms with Crippen molar-refractivity contribution in [3.05, 3.63) is 24.5 Å². The molecule has 0 atom stereocenters. The summed E-state index contributed by atoms with van der Waals surface area (Å²) in [6, 6.07) is 3.80. The molecule has 0 radical (unpaired) electrons. The molecule has 4 rings (SSSR count). The van der Waals surface area contributed by atoms with Crippen LogP contribution in [-0.4, -0.2) is 121 Å². The fourth-order valence-corrected chi connectivity index (χ4v) is 3.59. The molecule has 1 aromatic carbocycles. The highest BCUT2D eigenvalue weighted by molar-refractivity contribution is 5.98. The third-order valence-corrected chi connectivity index (χ3v) is 5.58. The second kappa shape index (κ2) is 15.9. The molecule has 0 aliphatic rings. The second-order valence-corrected chi connectivity index (χ2v) is 8.29. The molecule has 39 heavy (non-hydrogen) atoms. The summed E-state index contributed by atoms with van der Waals surface area (Å²) in [5.74, 6) is 0. The average molecular weight is 547 g/mol. The molecule has 0 bridgehead atoms. The Bertz CT molecular complexity index is 1150. The standard InChI is InChI=1S/C24H34N8O7/c1-33-9-11-37-15-13-35-7-5-31-17-21(25-29-31)19-3-4-20(24-23(19)27-39-28-24)22-18-32(30-26-22)6-8-36-14-16-38-12-10-34-2/h3-4,17-18H,5-16H2,1-2H3. The highest BCUT2D eigenvalue weighted by Crippen LogP contribution is 2.31. The summed E-state index contributed by atoms with van der Waals surface area (Å²) in [5, 5.41) is 25.2. The molecule has 0 fully saturated rings. The van der Waals surface area contributed by atoms with Gasteiger partial charge >= 0.3 is 0 Å². The lowest BCUT2D eigenvalue weighted by Crippen LogP contribution is -2.12. The first-order valence-electron chi connectivity index (χ1n) is 12.6. The fraction of sp³-hybridized carbons (Fsp3) is 0.583. The minimum atomic E-state index is 0.485. The Labute approximate surface area is 225 Å². The second-order valence-electron chi connectivity index (χ2n) is 8.29. The first-order chi connectivity index (χ1) is 19.3. The van der Waals surface area contributed by atoms with E-state index in [4.69, 9.17) is 33.1 Å². The molecule has 0 aliphatic carbocycles. The SMILES string of the molecule is COCCOCCOCCn1cc(-c2ccc(-c3cn(CCOCCOCCOC)nn3)c3nonc23)nn1. The van der Waals surface area contributed by atoms with Crippen LogP contribution in [0.5, 0.6) is 0 Å². The quantitative estimate of drug-likeness (QED) is 0.145. The van der Waals surface area contributed by atoms with Gasteiger partial charge in [0.25, 0.3) is 0 Å². The number of fused-ring (bicyclic) bond motifs is 1. The van der Waals surface area contributed by atoms with Gasteiger partial charge in [-0.2, -0.15) is 0 Å². The van der Waals surface area contributed by atoms with Crippen molar-refractivity contribution in [3.8, 4) is 22.5 Å². The molecule has 0 spiro atoms. The zero-order valence-corrected chi connectivity index (χ0v) is 22.2. The summed E-state index contributed by atoms with van der Waals surface area (Å²) in [6.07, 6.45) is 3.67. The van der Waals surface area contributed by atoms with Crippen LogP contribution in [0.1, 0.15) is 0 Å². The van der Waals surface area contributed by atoms with Crippen molar-refractivity contribution < 1.29 is 33.1 Å². The number of benzene rings is 1. The maximum atomic E-state index is 5.59. The zero-order chi connectivity index (χ0) is 27.1. The lowest BCUT2D eigenvalue weighted by Gasteiger charge is -2.05. The molecule has 0 amide bonds. The summed E-state index contributed by atoms with van der Waals surface area (Å²) in [7, 11) is 3.28. The van der Waals surface area contributed by atoms with E-state index in [9.17, 15) is 0 Å². The van der Waals surface area contributed by atoms with Gasteiger partial charge in [-0.15, -0.1) is 10.2 Å². The Morgan fingerprint density at radius 1 is 0.590 bits per heavy atom. The van der Waals surface area contributed by atoms with Crippen LogP contribution in [0.25, 0.3) is 33.5 Å². The lowest BCUT2D eigenvalue weighted by atomic mass is 10.0. The van der Waals surface area contributed by atoms with Crippen molar-refractivity contribution in [3.63, 3.8) is 0 Å². The van der Waals surface area contributed by atoms with Crippen LogP contribution in [0.3, 0.4) is 0 Å². The van der Waals surface area contributed by atoms with Gasteiger partial charge in [0.1, 0.15) is 22.4 Å². The number of nitrogens with zero attached hydrogens (tertiary/aromatic N) is 8. The van der Waals surface area contributed by atoms with Crippen LogP contribution in [0.2, 0.25) is 0 Å². The van der Waals surface area contributed by atoms with Gasteiger partial charge in [-0.25, -0.2) is 14.0 Å². The molecule has 3 heterocycles. The smallest absolute Gasteiger partial charge is 0.145 e. The molecule has 15 nitrogen and oxygen atoms in total. The molecule has 0 saturated heterocycles. The van der Waals surface area contributed by atoms with Crippen LogP contribution in [0.15, 0.2) is 29.2 Å². The number of aromatic nitrogens is 8. The fourth-order valence-electron chi connectivity index (χ4n) is 3.59.